The Bertz CT molecular complexity index is 564. The lowest BCUT2D eigenvalue weighted by atomic mass is 10.0. The maximum absolute atomic E-state index is 12.1. The van der Waals surface area contributed by atoms with E-state index in [1.807, 2.05) is 23.1 Å². The van der Waals surface area contributed by atoms with Gasteiger partial charge in [0, 0.05) is 25.9 Å². The number of piperidine rings is 1. The molecule has 1 amide bonds. The van der Waals surface area contributed by atoms with Crippen LogP contribution in [0.5, 0.6) is 0 Å². The Morgan fingerprint density at radius 3 is 2.50 bits per heavy atom. The van der Waals surface area contributed by atoms with Crippen LogP contribution in [0.25, 0.3) is 0 Å². The quantitative estimate of drug-likeness (QED) is 0.842. The Morgan fingerprint density at radius 1 is 1.08 bits per heavy atom. The molecule has 6 nitrogen and oxygen atoms in total. The zero-order chi connectivity index (χ0) is 16.4. The highest BCUT2D eigenvalue weighted by Gasteiger charge is 2.41. The van der Waals surface area contributed by atoms with E-state index in [1.54, 1.807) is 0 Å². The summed E-state index contributed by atoms with van der Waals surface area (Å²) < 4.78 is 16.8. The predicted octanol–water partition coefficient (Wildman–Crippen LogP) is 1.85. The van der Waals surface area contributed by atoms with Crippen molar-refractivity contribution in [1.82, 2.24) is 9.80 Å². The van der Waals surface area contributed by atoms with Crippen LogP contribution >= 0.6 is 0 Å². The van der Waals surface area contributed by atoms with Crippen LogP contribution in [0.3, 0.4) is 0 Å². The van der Waals surface area contributed by atoms with Crippen molar-refractivity contribution in [2.24, 2.45) is 0 Å². The molecule has 3 saturated heterocycles. The summed E-state index contributed by atoms with van der Waals surface area (Å²) in [6.07, 6.45) is 2.35. The van der Waals surface area contributed by atoms with Crippen molar-refractivity contribution in [2.75, 3.05) is 39.6 Å². The summed E-state index contributed by atoms with van der Waals surface area (Å²) >= 11 is 0. The Kier molecular flexibility index (Phi) is 4.43. The maximum Gasteiger partial charge on any atom is 0.411 e. The number of hydrogen-bond acceptors (Lipinski definition) is 5. The molecule has 0 aromatic heterocycles. The molecule has 3 fully saturated rings. The smallest absolute Gasteiger partial charge is 0.411 e. The molecule has 3 aliphatic heterocycles. The molecule has 0 bridgehead atoms. The van der Waals surface area contributed by atoms with Crippen LogP contribution in [-0.2, 0) is 20.6 Å². The second kappa shape index (κ2) is 6.70. The maximum atomic E-state index is 12.1. The number of carbonyl (C=O) groups excluding carboxylic acids is 1. The standard InChI is InChI=1S/C18H24N2O4/c21-17-20(16(13-22-17)12-15-4-2-1-3-5-15)14-19-8-6-18(7-9-19)23-10-11-24-18/h1-5,16H,6-14H2/t16-/m1/s1. The van der Waals surface area contributed by atoms with Gasteiger partial charge in [0.1, 0.15) is 6.61 Å². The third-order valence-electron chi connectivity index (χ3n) is 5.17. The largest absolute Gasteiger partial charge is 0.447 e. The Hall–Kier alpha value is -1.63. The third-order valence-corrected chi connectivity index (χ3v) is 5.17. The molecular weight excluding hydrogens is 308 g/mol. The van der Waals surface area contributed by atoms with Crippen LogP contribution in [0.15, 0.2) is 30.3 Å². The van der Waals surface area contributed by atoms with Crippen molar-refractivity contribution in [2.45, 2.75) is 31.1 Å². The zero-order valence-corrected chi connectivity index (χ0v) is 13.9. The third kappa shape index (κ3) is 3.27. The van der Waals surface area contributed by atoms with Gasteiger partial charge < -0.3 is 14.2 Å². The molecule has 0 saturated carbocycles. The van der Waals surface area contributed by atoms with E-state index in [1.165, 1.54) is 5.56 Å². The molecule has 6 heteroatoms. The Balaban J connectivity index is 1.35. The highest BCUT2D eigenvalue weighted by atomic mass is 16.7. The molecule has 0 unspecified atom stereocenters. The Morgan fingerprint density at radius 2 is 1.79 bits per heavy atom. The molecular formula is C18H24N2O4. The minimum Gasteiger partial charge on any atom is -0.447 e. The van der Waals surface area contributed by atoms with Crippen LogP contribution in [0.1, 0.15) is 18.4 Å². The van der Waals surface area contributed by atoms with Gasteiger partial charge in [-0.15, -0.1) is 0 Å². The average molecular weight is 332 g/mol. The number of rotatable bonds is 4. The minimum absolute atomic E-state index is 0.106. The lowest BCUT2D eigenvalue weighted by Gasteiger charge is -2.39. The fourth-order valence-corrected chi connectivity index (χ4v) is 3.75. The average Bonchev–Trinajstić information content (AvgIpc) is 3.20. The van der Waals surface area contributed by atoms with E-state index in [-0.39, 0.29) is 17.9 Å². The summed E-state index contributed by atoms with van der Waals surface area (Å²) in [7, 11) is 0. The summed E-state index contributed by atoms with van der Waals surface area (Å²) in [5, 5.41) is 0. The van der Waals surface area contributed by atoms with E-state index in [4.69, 9.17) is 14.2 Å². The summed E-state index contributed by atoms with van der Waals surface area (Å²) in [5.41, 5.74) is 1.23. The first-order chi connectivity index (χ1) is 11.7. The van der Waals surface area contributed by atoms with Gasteiger partial charge in [0.2, 0.25) is 0 Å². The van der Waals surface area contributed by atoms with Gasteiger partial charge in [-0.3, -0.25) is 9.80 Å². The normalized spacial score (nSPS) is 26.9. The van der Waals surface area contributed by atoms with Crippen LogP contribution in [-0.4, -0.2) is 67.3 Å². The first kappa shape index (κ1) is 15.9. The van der Waals surface area contributed by atoms with Crippen molar-refractivity contribution in [1.29, 1.82) is 0 Å². The van der Waals surface area contributed by atoms with Crippen molar-refractivity contribution in [3.63, 3.8) is 0 Å². The van der Waals surface area contributed by atoms with Crippen molar-refractivity contribution >= 4 is 6.09 Å². The van der Waals surface area contributed by atoms with E-state index < -0.39 is 0 Å². The molecule has 3 aliphatic rings. The number of nitrogens with zero attached hydrogens (tertiary/aromatic N) is 2. The van der Waals surface area contributed by atoms with Gasteiger partial charge in [-0.25, -0.2) is 4.79 Å². The zero-order valence-electron chi connectivity index (χ0n) is 13.9. The Labute approximate surface area is 142 Å². The monoisotopic (exact) mass is 332 g/mol. The van der Waals surface area contributed by atoms with Gasteiger partial charge in [-0.1, -0.05) is 30.3 Å². The van der Waals surface area contributed by atoms with E-state index in [0.717, 1.165) is 32.4 Å². The molecule has 0 aliphatic carbocycles. The highest BCUT2D eigenvalue weighted by molar-refractivity contribution is 5.70. The van der Waals surface area contributed by atoms with Gasteiger partial charge >= 0.3 is 6.09 Å². The summed E-state index contributed by atoms with van der Waals surface area (Å²) in [6, 6.07) is 10.4. The topological polar surface area (TPSA) is 51.2 Å². The van der Waals surface area contributed by atoms with Gasteiger partial charge in [0.05, 0.1) is 25.9 Å². The molecule has 1 aromatic carbocycles. The molecule has 130 valence electrons. The SMILES string of the molecule is O=C1OC[C@@H](Cc2ccccc2)N1CN1CCC2(CC1)OCCO2. The van der Waals surface area contributed by atoms with E-state index in [2.05, 4.69) is 17.0 Å². The van der Waals surface area contributed by atoms with Crippen LogP contribution in [0.2, 0.25) is 0 Å². The van der Waals surface area contributed by atoms with Gasteiger partial charge in [0.15, 0.2) is 5.79 Å². The number of hydrogen-bond donors (Lipinski definition) is 0. The number of amides is 1. The number of benzene rings is 1. The highest BCUT2D eigenvalue weighted by Crippen LogP contribution is 2.31. The number of ether oxygens (including phenoxy) is 3. The fraction of sp³-hybridized carbons (Fsp3) is 0.611. The molecule has 4 rings (SSSR count). The number of cyclic esters (lactones) is 1. The molecule has 1 spiro atoms. The number of likely N-dealkylation sites (tertiary alicyclic amines) is 1. The van der Waals surface area contributed by atoms with Crippen LogP contribution in [0, 0.1) is 0 Å². The second-order valence-electron chi connectivity index (χ2n) is 6.76. The fourth-order valence-electron chi connectivity index (χ4n) is 3.75. The van der Waals surface area contributed by atoms with Crippen molar-refractivity contribution < 1.29 is 19.0 Å². The lowest BCUT2D eigenvalue weighted by Crippen LogP contribution is -2.50. The molecule has 1 aromatic rings. The molecule has 1 atom stereocenters. The molecule has 0 N–H and O–H groups in total. The predicted molar refractivity (Wildman–Crippen MR) is 87.4 cm³/mol. The van der Waals surface area contributed by atoms with Gasteiger partial charge in [-0.2, -0.15) is 0 Å². The summed E-state index contributed by atoms with van der Waals surface area (Å²) in [6.45, 7) is 4.23. The van der Waals surface area contributed by atoms with Crippen LogP contribution in [0.4, 0.5) is 4.79 Å². The van der Waals surface area contributed by atoms with Gasteiger partial charge in [-0.05, 0) is 12.0 Å². The molecule has 3 heterocycles. The van der Waals surface area contributed by atoms with E-state index in [0.29, 0.717) is 26.5 Å². The van der Waals surface area contributed by atoms with Crippen molar-refractivity contribution in [3.8, 4) is 0 Å². The van der Waals surface area contributed by atoms with E-state index >= 15 is 0 Å². The minimum atomic E-state index is -0.370. The lowest BCUT2D eigenvalue weighted by molar-refractivity contribution is -0.187. The van der Waals surface area contributed by atoms with Crippen LogP contribution < -0.4 is 0 Å². The first-order valence-electron chi connectivity index (χ1n) is 8.72. The molecule has 24 heavy (non-hydrogen) atoms. The first-order valence-corrected chi connectivity index (χ1v) is 8.72. The summed E-state index contributed by atoms with van der Waals surface area (Å²) in [4.78, 5) is 16.3. The molecule has 0 radical (unpaired) electrons. The summed E-state index contributed by atoms with van der Waals surface area (Å²) in [5.74, 6) is -0.370. The second-order valence-corrected chi connectivity index (χ2v) is 6.76. The number of carbonyl (C=O) groups is 1. The van der Waals surface area contributed by atoms with Gasteiger partial charge in [0.25, 0.3) is 0 Å². The van der Waals surface area contributed by atoms with E-state index in [9.17, 15) is 4.79 Å². The van der Waals surface area contributed by atoms with Crippen molar-refractivity contribution in [3.05, 3.63) is 35.9 Å².